The third kappa shape index (κ3) is 3.99. The summed E-state index contributed by atoms with van der Waals surface area (Å²) in [6.07, 6.45) is 5.56. The van der Waals surface area contributed by atoms with E-state index >= 15 is 0 Å². The van der Waals surface area contributed by atoms with Crippen molar-refractivity contribution in [2.24, 2.45) is 0 Å². The molecule has 0 saturated carbocycles. The Labute approximate surface area is 121 Å². The van der Waals surface area contributed by atoms with Crippen molar-refractivity contribution in [3.05, 3.63) is 46.6 Å². The lowest BCUT2D eigenvalue weighted by Crippen LogP contribution is -2.09. The molecule has 19 heavy (non-hydrogen) atoms. The van der Waals surface area contributed by atoms with Crippen molar-refractivity contribution in [2.75, 3.05) is 5.32 Å². The normalized spacial score (nSPS) is 12.2. The van der Waals surface area contributed by atoms with Gasteiger partial charge in [0.05, 0.1) is 6.04 Å². The van der Waals surface area contributed by atoms with Crippen LogP contribution in [0.4, 0.5) is 5.82 Å². The van der Waals surface area contributed by atoms with Gasteiger partial charge in [-0.05, 0) is 40.9 Å². The van der Waals surface area contributed by atoms with E-state index in [0.29, 0.717) is 0 Å². The molecule has 0 amide bonds. The maximum absolute atomic E-state index is 4.52. The molecule has 0 spiro atoms. The number of nitrogens with one attached hydrogen (secondary N) is 1. The number of anilines is 1. The number of pyridine rings is 1. The molecule has 0 aliphatic carbocycles. The molecule has 2 aromatic rings. The highest BCUT2D eigenvalue weighted by molar-refractivity contribution is 9.10. The van der Waals surface area contributed by atoms with Gasteiger partial charge in [-0.25, -0.2) is 9.97 Å². The van der Waals surface area contributed by atoms with E-state index in [9.17, 15) is 0 Å². The van der Waals surface area contributed by atoms with Crippen molar-refractivity contribution in [1.29, 1.82) is 0 Å². The molecular formula is C14H17BrN4. The second-order valence-corrected chi connectivity index (χ2v) is 5.21. The van der Waals surface area contributed by atoms with Crippen molar-refractivity contribution in [3.8, 4) is 0 Å². The van der Waals surface area contributed by atoms with Crippen molar-refractivity contribution >= 4 is 21.7 Å². The van der Waals surface area contributed by atoms with Crippen LogP contribution in [0.25, 0.3) is 0 Å². The number of aromatic nitrogens is 3. The van der Waals surface area contributed by atoms with Gasteiger partial charge in [-0.2, -0.15) is 0 Å². The summed E-state index contributed by atoms with van der Waals surface area (Å²) in [5, 5.41) is 3.38. The Morgan fingerprint density at radius 2 is 2.21 bits per heavy atom. The van der Waals surface area contributed by atoms with Crippen LogP contribution in [0.2, 0.25) is 0 Å². The lowest BCUT2D eigenvalue weighted by atomic mass is 10.1. The van der Waals surface area contributed by atoms with Gasteiger partial charge in [-0.3, -0.25) is 4.98 Å². The molecule has 0 fully saturated rings. The molecule has 0 radical (unpaired) electrons. The number of hydrogen-bond donors (Lipinski definition) is 1. The average Bonchev–Trinajstić information content (AvgIpc) is 2.39. The second-order valence-electron chi connectivity index (χ2n) is 4.39. The lowest BCUT2D eigenvalue weighted by Gasteiger charge is -2.15. The molecule has 4 nitrogen and oxygen atoms in total. The maximum atomic E-state index is 4.52. The third-order valence-electron chi connectivity index (χ3n) is 2.76. The monoisotopic (exact) mass is 320 g/mol. The molecule has 1 unspecified atom stereocenters. The fourth-order valence-electron chi connectivity index (χ4n) is 1.81. The van der Waals surface area contributed by atoms with Crippen molar-refractivity contribution in [1.82, 2.24) is 15.0 Å². The van der Waals surface area contributed by atoms with Gasteiger partial charge in [0.25, 0.3) is 0 Å². The number of rotatable bonds is 5. The molecule has 2 rings (SSSR count). The quantitative estimate of drug-likeness (QED) is 0.852. The SMILES string of the molecule is CCCc1nc(Br)cc(NC(C)c2cccnc2)n1. The second kappa shape index (κ2) is 6.61. The van der Waals surface area contributed by atoms with Crippen molar-refractivity contribution < 1.29 is 0 Å². The molecule has 5 heteroatoms. The van der Waals surface area contributed by atoms with Gasteiger partial charge in [0.1, 0.15) is 16.2 Å². The Balaban J connectivity index is 2.14. The van der Waals surface area contributed by atoms with Crippen LogP contribution in [0, 0.1) is 0 Å². The van der Waals surface area contributed by atoms with E-state index in [-0.39, 0.29) is 6.04 Å². The van der Waals surface area contributed by atoms with Crippen LogP contribution in [0.15, 0.2) is 35.2 Å². The van der Waals surface area contributed by atoms with E-state index in [1.54, 1.807) is 6.20 Å². The molecule has 0 aliphatic heterocycles. The van der Waals surface area contributed by atoms with Crippen LogP contribution in [0.3, 0.4) is 0 Å². The molecule has 1 atom stereocenters. The Kier molecular flexibility index (Phi) is 4.85. The zero-order valence-corrected chi connectivity index (χ0v) is 12.7. The lowest BCUT2D eigenvalue weighted by molar-refractivity contribution is 0.812. The minimum atomic E-state index is 0.157. The van der Waals surface area contributed by atoms with Crippen LogP contribution in [0.5, 0.6) is 0 Å². The predicted octanol–water partition coefficient (Wildman–Crippen LogP) is 3.76. The van der Waals surface area contributed by atoms with Crippen molar-refractivity contribution in [2.45, 2.75) is 32.7 Å². The minimum absolute atomic E-state index is 0.157. The van der Waals surface area contributed by atoms with Crippen LogP contribution in [-0.4, -0.2) is 15.0 Å². The van der Waals surface area contributed by atoms with E-state index in [1.807, 2.05) is 24.4 Å². The summed E-state index contributed by atoms with van der Waals surface area (Å²) in [4.78, 5) is 13.0. The first-order chi connectivity index (χ1) is 9.19. The summed E-state index contributed by atoms with van der Waals surface area (Å²) in [6, 6.07) is 6.04. The van der Waals surface area contributed by atoms with E-state index in [2.05, 4.69) is 50.0 Å². The maximum Gasteiger partial charge on any atom is 0.132 e. The molecule has 0 saturated heterocycles. The first kappa shape index (κ1) is 13.9. The highest BCUT2D eigenvalue weighted by Crippen LogP contribution is 2.19. The van der Waals surface area contributed by atoms with Crippen LogP contribution >= 0.6 is 15.9 Å². The molecule has 0 aromatic carbocycles. The van der Waals surface area contributed by atoms with Gasteiger partial charge in [-0.1, -0.05) is 13.0 Å². The molecule has 2 heterocycles. The van der Waals surface area contributed by atoms with Crippen LogP contribution in [-0.2, 0) is 6.42 Å². The van der Waals surface area contributed by atoms with Crippen LogP contribution < -0.4 is 5.32 Å². The Morgan fingerprint density at radius 1 is 1.37 bits per heavy atom. The minimum Gasteiger partial charge on any atom is -0.363 e. The number of aryl methyl sites for hydroxylation is 1. The molecule has 100 valence electrons. The zero-order chi connectivity index (χ0) is 13.7. The number of hydrogen-bond acceptors (Lipinski definition) is 4. The van der Waals surface area contributed by atoms with E-state index < -0.39 is 0 Å². The standard InChI is InChI=1S/C14H17BrN4/c1-3-5-13-18-12(15)8-14(19-13)17-10(2)11-6-4-7-16-9-11/h4,6-10H,3,5H2,1-2H3,(H,17,18,19). The molecule has 0 aliphatic rings. The number of nitrogens with zero attached hydrogens (tertiary/aromatic N) is 3. The molecule has 2 aromatic heterocycles. The largest absolute Gasteiger partial charge is 0.363 e. The van der Waals surface area contributed by atoms with Crippen molar-refractivity contribution in [3.63, 3.8) is 0 Å². The van der Waals surface area contributed by atoms with Crippen LogP contribution in [0.1, 0.15) is 37.7 Å². The Bertz CT molecular complexity index is 530. The van der Waals surface area contributed by atoms with E-state index in [4.69, 9.17) is 0 Å². The van der Waals surface area contributed by atoms with Gasteiger partial charge in [0.2, 0.25) is 0 Å². The highest BCUT2D eigenvalue weighted by Gasteiger charge is 2.08. The van der Waals surface area contributed by atoms with Gasteiger partial charge in [0, 0.05) is 24.9 Å². The predicted molar refractivity (Wildman–Crippen MR) is 80.0 cm³/mol. The van der Waals surface area contributed by atoms with E-state index in [1.165, 1.54) is 0 Å². The van der Waals surface area contributed by atoms with Gasteiger partial charge in [-0.15, -0.1) is 0 Å². The van der Waals surface area contributed by atoms with Gasteiger partial charge >= 0.3 is 0 Å². The fraction of sp³-hybridized carbons (Fsp3) is 0.357. The number of halogens is 1. The average molecular weight is 321 g/mol. The first-order valence-corrected chi connectivity index (χ1v) is 7.18. The fourth-order valence-corrected chi connectivity index (χ4v) is 2.23. The summed E-state index contributed by atoms with van der Waals surface area (Å²) < 4.78 is 0.812. The van der Waals surface area contributed by atoms with Gasteiger partial charge < -0.3 is 5.32 Å². The summed E-state index contributed by atoms with van der Waals surface area (Å²) in [6.45, 7) is 4.21. The Morgan fingerprint density at radius 3 is 2.89 bits per heavy atom. The first-order valence-electron chi connectivity index (χ1n) is 6.39. The molecular weight excluding hydrogens is 304 g/mol. The third-order valence-corrected chi connectivity index (χ3v) is 3.17. The van der Waals surface area contributed by atoms with Gasteiger partial charge in [0.15, 0.2) is 0 Å². The molecule has 1 N–H and O–H groups in total. The Hall–Kier alpha value is -1.49. The summed E-state index contributed by atoms with van der Waals surface area (Å²) >= 11 is 3.43. The van der Waals surface area contributed by atoms with E-state index in [0.717, 1.165) is 34.7 Å². The zero-order valence-electron chi connectivity index (χ0n) is 11.1. The summed E-state index contributed by atoms with van der Waals surface area (Å²) in [5.41, 5.74) is 1.13. The summed E-state index contributed by atoms with van der Waals surface area (Å²) in [5.74, 6) is 1.69. The molecule has 0 bridgehead atoms. The highest BCUT2D eigenvalue weighted by atomic mass is 79.9. The smallest absolute Gasteiger partial charge is 0.132 e. The topological polar surface area (TPSA) is 50.7 Å². The summed E-state index contributed by atoms with van der Waals surface area (Å²) in [7, 11) is 0.